The minimum Gasteiger partial charge on any atom is -0.336 e. The highest BCUT2D eigenvalue weighted by molar-refractivity contribution is 7.98. The van der Waals surface area contributed by atoms with Gasteiger partial charge in [-0.05, 0) is 91.3 Å². The Hall–Kier alpha value is -3.96. The van der Waals surface area contributed by atoms with Crippen LogP contribution in [0.1, 0.15) is 77.1 Å². The van der Waals surface area contributed by atoms with E-state index in [1.54, 1.807) is 0 Å². The second kappa shape index (κ2) is 15.5. The number of halogens is 4. The summed E-state index contributed by atoms with van der Waals surface area (Å²) in [5.74, 6) is -3.17. The molecule has 6 nitrogen and oxygen atoms in total. The van der Waals surface area contributed by atoms with Crippen LogP contribution in [0.5, 0.6) is 0 Å². The lowest BCUT2D eigenvalue weighted by Gasteiger charge is -2.28. The lowest BCUT2D eigenvalue weighted by atomic mass is 9.97. The third-order valence-electron chi connectivity index (χ3n) is 7.07. The summed E-state index contributed by atoms with van der Waals surface area (Å²) in [5.41, 5.74) is -7.85. The molecule has 0 radical (unpaired) electrons. The van der Waals surface area contributed by atoms with E-state index in [0.29, 0.717) is 30.5 Å². The van der Waals surface area contributed by atoms with E-state index in [0.717, 1.165) is 43.3 Å². The van der Waals surface area contributed by atoms with Crippen molar-refractivity contribution in [3.05, 3.63) is 116 Å². The van der Waals surface area contributed by atoms with E-state index in [-0.39, 0.29) is 63.9 Å². The van der Waals surface area contributed by atoms with Crippen LogP contribution >= 0.6 is 11.8 Å². The highest BCUT2D eigenvalue weighted by Crippen LogP contribution is 2.32. The zero-order valence-electron chi connectivity index (χ0n) is 42.8. The molecule has 0 aliphatic heterocycles. The molecule has 48 heavy (non-hydrogen) atoms. The summed E-state index contributed by atoms with van der Waals surface area (Å²) in [7, 11) is 0. The van der Waals surface area contributed by atoms with Crippen molar-refractivity contribution in [2.75, 3.05) is 26.0 Å². The maximum absolute atomic E-state index is 15.3. The predicted octanol–water partition coefficient (Wildman–Crippen LogP) is 7.53. The summed E-state index contributed by atoms with van der Waals surface area (Å²) in [6.45, 7) is -21.0. The number of rotatable bonds is 13. The molecule has 254 valence electrons. The van der Waals surface area contributed by atoms with Crippen LogP contribution in [0.25, 0.3) is 11.1 Å². The number of hydrogen-bond acceptors (Lipinski definition) is 5. The maximum Gasteiger partial charge on any atom is 0.416 e. The number of carbonyl (C=O) groups excluding carboxylic acids is 1. The second-order valence-corrected chi connectivity index (χ2v) is 11.0. The topological polar surface area (TPSA) is 58.4 Å². The van der Waals surface area contributed by atoms with E-state index in [9.17, 15) is 30.6 Å². The van der Waals surface area contributed by atoms with E-state index < -0.39 is 113 Å². The average molecular weight is 698 g/mol. The van der Waals surface area contributed by atoms with Crippen molar-refractivity contribution in [1.82, 2.24) is 19.4 Å². The lowest BCUT2D eigenvalue weighted by molar-refractivity contribution is -0.137. The first-order valence-corrected chi connectivity index (χ1v) is 15.2. The standard InChI is InChI=1S/C37H40F4N4O2S/c1-4-43(5-2)19-20-44(22-27-11-18-31(25(3)21-27)28-12-14-29(15-13-28)37(39,40)41)34(46)23-45-33-8-6-7-32(33)35(47)42-36(45)48-24-26-9-16-30(38)17-10-26/h9-18,21H,4-8,19-20,22-24H2,1-3H3/i4D2,5D2,11D,18D,19D2,20D2,21D,22D2,23D2,24D2. The number of likely N-dealkylation sites (N-methyl/N-ethyl adjacent to an activating group) is 1. The van der Waals surface area contributed by atoms with Crippen LogP contribution in [0.2, 0.25) is 0 Å². The van der Waals surface area contributed by atoms with Crippen molar-refractivity contribution in [3.8, 4) is 11.1 Å². The van der Waals surface area contributed by atoms with Crippen LogP contribution in [0, 0.1) is 12.7 Å². The van der Waals surface area contributed by atoms with Gasteiger partial charge in [0.1, 0.15) is 12.3 Å². The predicted molar refractivity (Wildman–Crippen MR) is 181 cm³/mol. The molecule has 3 aromatic carbocycles. The first-order chi connectivity index (χ1) is 29.3. The molecule has 0 N–H and O–H groups in total. The van der Waals surface area contributed by atoms with Crippen molar-refractivity contribution in [2.45, 2.75) is 70.1 Å². The molecule has 1 aliphatic rings. The monoisotopic (exact) mass is 697 g/mol. The zero-order chi connectivity index (χ0) is 49.6. The van der Waals surface area contributed by atoms with Crippen LogP contribution in [0.4, 0.5) is 17.6 Å². The van der Waals surface area contributed by atoms with Gasteiger partial charge in [0.2, 0.25) is 5.91 Å². The third-order valence-corrected chi connectivity index (χ3v) is 7.86. The SMILES string of the molecule is [2H]c1c([2H])c(C([2H])([2H])N(C(=O)C([2H])([2H])n2c(SC([2H])([2H])c3ccc(F)cc3)nc(=O)c3c2CCC3)C([2H])([2H])C([2H])([2H])N(C([2H])([2H])C)C([2H])([2H])C)c([2H])c(C)c1-c1ccc(C(F)(F)F)cc1. The van der Waals surface area contributed by atoms with E-state index in [1.165, 1.54) is 0 Å². The number of nitrogens with zero attached hydrogens (tertiary/aromatic N) is 4. The number of alkyl halides is 3. The Morgan fingerprint density at radius 2 is 1.73 bits per heavy atom. The fraction of sp³-hybridized carbons (Fsp3) is 0.378. The largest absolute Gasteiger partial charge is 0.416 e. The van der Waals surface area contributed by atoms with E-state index in [1.807, 2.05) is 0 Å². The maximum atomic E-state index is 15.3. The number of thioether (sulfide) groups is 1. The van der Waals surface area contributed by atoms with Gasteiger partial charge in [0.05, 0.1) is 17.9 Å². The summed E-state index contributed by atoms with van der Waals surface area (Å²) in [4.78, 5) is 31.4. The molecule has 1 aliphatic carbocycles. The van der Waals surface area contributed by atoms with Crippen molar-refractivity contribution < 1.29 is 45.7 Å². The van der Waals surface area contributed by atoms with Gasteiger partial charge in [-0.2, -0.15) is 18.2 Å². The lowest BCUT2D eigenvalue weighted by Crippen LogP contribution is -2.40. The van der Waals surface area contributed by atoms with Gasteiger partial charge in [0.15, 0.2) is 5.16 Å². The van der Waals surface area contributed by atoms with Gasteiger partial charge in [0, 0.05) is 47.4 Å². The Morgan fingerprint density at radius 3 is 2.40 bits per heavy atom. The number of hydrogen-bond donors (Lipinski definition) is 0. The van der Waals surface area contributed by atoms with Gasteiger partial charge in [-0.25, -0.2) is 4.39 Å². The number of benzene rings is 3. The molecule has 0 atom stereocenters. The van der Waals surface area contributed by atoms with Crippen molar-refractivity contribution in [1.29, 1.82) is 0 Å². The van der Waals surface area contributed by atoms with Crippen molar-refractivity contribution >= 4 is 17.7 Å². The fourth-order valence-corrected chi connectivity index (χ4v) is 5.43. The summed E-state index contributed by atoms with van der Waals surface area (Å²) in [5, 5.41) is -0.892. The highest BCUT2D eigenvalue weighted by Gasteiger charge is 2.30. The molecule has 1 amide bonds. The first-order valence-electron chi connectivity index (χ1n) is 22.9. The number of amides is 1. The Bertz CT molecular complexity index is 2520. The van der Waals surface area contributed by atoms with Crippen molar-refractivity contribution in [2.24, 2.45) is 0 Å². The molecule has 0 spiro atoms. The van der Waals surface area contributed by atoms with Crippen LogP contribution in [0.15, 0.2) is 76.6 Å². The van der Waals surface area contributed by atoms with Gasteiger partial charge >= 0.3 is 6.18 Å². The van der Waals surface area contributed by atoms with Crippen LogP contribution in [0.3, 0.4) is 0 Å². The molecule has 4 aromatic rings. The Morgan fingerprint density at radius 1 is 1.02 bits per heavy atom. The number of fused-ring (bicyclic) bond motifs is 1. The Labute approximate surface area is 306 Å². The van der Waals surface area contributed by atoms with Gasteiger partial charge < -0.3 is 14.4 Å². The van der Waals surface area contributed by atoms with Crippen LogP contribution < -0.4 is 5.56 Å². The molecule has 0 saturated carbocycles. The van der Waals surface area contributed by atoms with E-state index in [2.05, 4.69) is 4.98 Å². The molecule has 0 unspecified atom stereocenters. The minimum absolute atomic E-state index is 0.0425. The average Bonchev–Trinajstić information content (AvgIpc) is 3.62. The summed E-state index contributed by atoms with van der Waals surface area (Å²) >= 11 is 0.0425. The van der Waals surface area contributed by atoms with Crippen LogP contribution in [-0.2, 0) is 42.5 Å². The van der Waals surface area contributed by atoms with Crippen LogP contribution in [-0.4, -0.2) is 51.2 Å². The molecule has 1 aromatic heterocycles. The zero-order valence-corrected chi connectivity index (χ0v) is 26.6. The van der Waals surface area contributed by atoms with Gasteiger partial charge in [0.25, 0.3) is 5.56 Å². The van der Waals surface area contributed by atoms with Gasteiger partial charge in [-0.15, -0.1) is 0 Å². The smallest absolute Gasteiger partial charge is 0.336 e. The summed E-state index contributed by atoms with van der Waals surface area (Å²) < 4.78 is 206. The van der Waals surface area contributed by atoms with Gasteiger partial charge in [-0.3, -0.25) is 9.59 Å². The normalized spacial score (nSPS) is 20.1. The third kappa shape index (κ3) is 8.54. The molecular formula is C37H40F4N4O2S. The molecule has 5 rings (SSSR count). The van der Waals surface area contributed by atoms with Gasteiger partial charge in [-0.1, -0.05) is 68.0 Å². The first kappa shape index (κ1) is 19.3. The van der Waals surface area contributed by atoms with E-state index >= 15 is 4.79 Å². The second-order valence-electron chi connectivity index (χ2n) is 10.2. The Kier molecular flexibility index (Phi) is 6.23. The molecule has 1 heterocycles. The molecule has 0 fully saturated rings. The van der Waals surface area contributed by atoms with Crippen molar-refractivity contribution in [3.63, 3.8) is 0 Å². The molecule has 0 bridgehead atoms. The minimum atomic E-state index is -4.79. The molecule has 0 saturated heterocycles. The molecule has 11 heteroatoms. The Balaban J connectivity index is 1.84. The molecular weight excluding hydrogens is 640 g/mol. The van der Waals surface area contributed by atoms with E-state index in [4.69, 9.17) is 15.1 Å². The fourth-order valence-electron chi connectivity index (χ4n) is 4.71. The summed E-state index contributed by atoms with van der Waals surface area (Å²) in [6, 6.07) is 3.55. The summed E-state index contributed by atoms with van der Waals surface area (Å²) in [6.07, 6.45) is -4.90. The number of carbonyl (C=O) groups is 1. The highest BCUT2D eigenvalue weighted by atomic mass is 32.2. The quantitative estimate of drug-likeness (QED) is 0.0822. The number of aromatic nitrogens is 2.